The molecule has 0 bridgehead atoms. The van der Waals surface area contributed by atoms with E-state index < -0.39 is 5.97 Å². The van der Waals surface area contributed by atoms with Crippen LogP contribution in [0.25, 0.3) is 11.4 Å². The van der Waals surface area contributed by atoms with Crippen LogP contribution in [0.4, 0.5) is 0 Å². The zero-order valence-corrected chi connectivity index (χ0v) is 9.84. The summed E-state index contributed by atoms with van der Waals surface area (Å²) < 4.78 is 1.99. The van der Waals surface area contributed by atoms with Crippen LogP contribution in [0.2, 0.25) is 0 Å². The average Bonchev–Trinajstić information content (AvgIpc) is 2.76. The van der Waals surface area contributed by atoms with E-state index in [0.717, 1.165) is 23.5 Å². The number of carboxylic acids is 1. The molecule has 0 saturated carbocycles. The molecule has 2 rings (SSSR count). The van der Waals surface area contributed by atoms with E-state index in [1.54, 1.807) is 18.3 Å². The van der Waals surface area contributed by atoms with Gasteiger partial charge in [0.15, 0.2) is 0 Å². The first kappa shape index (κ1) is 11.4. The second kappa shape index (κ2) is 4.41. The van der Waals surface area contributed by atoms with Crippen molar-refractivity contribution in [2.24, 2.45) is 0 Å². The van der Waals surface area contributed by atoms with Crippen molar-refractivity contribution in [1.82, 2.24) is 9.55 Å². The molecule has 0 aliphatic rings. The summed E-state index contributed by atoms with van der Waals surface area (Å²) >= 11 is 0. The zero-order chi connectivity index (χ0) is 12.4. The molecule has 1 heterocycles. The van der Waals surface area contributed by atoms with E-state index in [1.807, 2.05) is 30.7 Å². The van der Waals surface area contributed by atoms with E-state index in [4.69, 9.17) is 5.11 Å². The predicted octanol–water partition coefficient (Wildman–Crippen LogP) is 2.58. The van der Waals surface area contributed by atoms with Crippen molar-refractivity contribution in [2.45, 2.75) is 20.4 Å². The number of hydrogen-bond acceptors (Lipinski definition) is 2. The molecular weight excluding hydrogens is 216 g/mol. The first-order valence-corrected chi connectivity index (χ1v) is 5.48. The Kier molecular flexibility index (Phi) is 2.95. The van der Waals surface area contributed by atoms with Crippen molar-refractivity contribution in [2.75, 3.05) is 0 Å². The van der Waals surface area contributed by atoms with Gasteiger partial charge < -0.3 is 9.67 Å². The lowest BCUT2D eigenvalue weighted by Crippen LogP contribution is -2.00. The van der Waals surface area contributed by atoms with Gasteiger partial charge in [0.2, 0.25) is 0 Å². The Labute approximate surface area is 99.5 Å². The van der Waals surface area contributed by atoms with Crippen LogP contribution in [0.1, 0.15) is 22.8 Å². The Balaban J connectivity index is 2.56. The number of hydrogen-bond donors (Lipinski definition) is 1. The zero-order valence-electron chi connectivity index (χ0n) is 9.84. The van der Waals surface area contributed by atoms with Gasteiger partial charge in [0.1, 0.15) is 5.82 Å². The van der Waals surface area contributed by atoms with E-state index >= 15 is 0 Å². The quantitative estimate of drug-likeness (QED) is 0.881. The highest BCUT2D eigenvalue weighted by atomic mass is 16.4. The van der Waals surface area contributed by atoms with Crippen molar-refractivity contribution in [3.05, 3.63) is 41.7 Å². The summed E-state index contributed by atoms with van der Waals surface area (Å²) in [7, 11) is 0. The molecule has 0 fully saturated rings. The second-order valence-corrected chi connectivity index (χ2v) is 3.93. The van der Waals surface area contributed by atoms with Gasteiger partial charge in [-0.1, -0.05) is 0 Å². The van der Waals surface area contributed by atoms with Crippen LogP contribution >= 0.6 is 0 Å². The summed E-state index contributed by atoms with van der Waals surface area (Å²) in [4.78, 5) is 15.3. The highest BCUT2D eigenvalue weighted by molar-refractivity contribution is 5.89. The minimum Gasteiger partial charge on any atom is -0.478 e. The normalized spacial score (nSPS) is 10.5. The predicted molar refractivity (Wildman–Crippen MR) is 65.0 cm³/mol. The number of imidazole rings is 1. The Morgan fingerprint density at radius 2 is 2.18 bits per heavy atom. The van der Waals surface area contributed by atoms with Gasteiger partial charge >= 0.3 is 5.97 Å². The Hall–Kier alpha value is -2.10. The maximum Gasteiger partial charge on any atom is 0.335 e. The third kappa shape index (κ3) is 2.20. The first-order chi connectivity index (χ1) is 8.11. The molecule has 0 amide bonds. The minimum absolute atomic E-state index is 0.297. The SMILES string of the molecule is CCn1ccnc1-c1cc(C)cc(C(=O)O)c1. The van der Waals surface area contributed by atoms with Gasteiger partial charge in [-0.25, -0.2) is 9.78 Å². The molecule has 88 valence electrons. The fraction of sp³-hybridized carbons (Fsp3) is 0.231. The van der Waals surface area contributed by atoms with Crippen molar-refractivity contribution < 1.29 is 9.90 Å². The standard InChI is InChI=1S/C13H14N2O2/c1-3-15-5-4-14-12(15)10-6-9(2)7-11(8-10)13(16)17/h4-8H,3H2,1-2H3,(H,16,17). The monoisotopic (exact) mass is 230 g/mol. The summed E-state index contributed by atoms with van der Waals surface area (Å²) in [6, 6.07) is 5.26. The molecule has 1 aromatic carbocycles. The lowest BCUT2D eigenvalue weighted by molar-refractivity contribution is 0.0697. The first-order valence-electron chi connectivity index (χ1n) is 5.48. The number of nitrogens with zero attached hydrogens (tertiary/aromatic N) is 2. The van der Waals surface area contributed by atoms with Crippen LogP contribution in [0.5, 0.6) is 0 Å². The number of carbonyl (C=O) groups is 1. The van der Waals surface area contributed by atoms with Crippen LogP contribution in [-0.4, -0.2) is 20.6 Å². The van der Waals surface area contributed by atoms with Crippen molar-refractivity contribution >= 4 is 5.97 Å². The number of aryl methyl sites for hydroxylation is 2. The summed E-state index contributed by atoms with van der Waals surface area (Å²) in [5.41, 5.74) is 2.06. The molecule has 1 N–H and O–H groups in total. The second-order valence-electron chi connectivity index (χ2n) is 3.93. The van der Waals surface area contributed by atoms with Crippen LogP contribution in [0, 0.1) is 6.92 Å². The van der Waals surface area contributed by atoms with Crippen molar-refractivity contribution in [3.63, 3.8) is 0 Å². The summed E-state index contributed by atoms with van der Waals surface area (Å²) in [6.07, 6.45) is 3.61. The van der Waals surface area contributed by atoms with Gasteiger partial charge in [-0.15, -0.1) is 0 Å². The summed E-state index contributed by atoms with van der Waals surface area (Å²) in [5, 5.41) is 9.03. The van der Waals surface area contributed by atoms with Crippen molar-refractivity contribution in [3.8, 4) is 11.4 Å². The van der Waals surface area contributed by atoms with Gasteiger partial charge in [0, 0.05) is 24.5 Å². The maximum atomic E-state index is 11.0. The molecule has 4 heteroatoms. The molecule has 0 radical (unpaired) electrons. The van der Waals surface area contributed by atoms with Gasteiger partial charge in [-0.3, -0.25) is 0 Å². The molecular formula is C13H14N2O2. The molecule has 2 aromatic rings. The van der Waals surface area contributed by atoms with Crippen molar-refractivity contribution in [1.29, 1.82) is 0 Å². The van der Waals surface area contributed by atoms with E-state index in [2.05, 4.69) is 4.98 Å². The lowest BCUT2D eigenvalue weighted by atomic mass is 10.1. The smallest absolute Gasteiger partial charge is 0.335 e. The Morgan fingerprint density at radius 3 is 2.82 bits per heavy atom. The number of aromatic nitrogens is 2. The molecule has 0 aliphatic heterocycles. The number of carboxylic acid groups (broad SMARTS) is 1. The fourth-order valence-corrected chi connectivity index (χ4v) is 1.86. The largest absolute Gasteiger partial charge is 0.478 e. The van der Waals surface area contributed by atoms with Gasteiger partial charge in [-0.2, -0.15) is 0 Å². The third-order valence-corrected chi connectivity index (χ3v) is 2.64. The molecule has 0 saturated heterocycles. The highest BCUT2D eigenvalue weighted by Crippen LogP contribution is 2.21. The fourth-order valence-electron chi connectivity index (χ4n) is 1.86. The molecule has 0 unspecified atom stereocenters. The molecule has 0 spiro atoms. The van der Waals surface area contributed by atoms with E-state index in [9.17, 15) is 4.79 Å². The van der Waals surface area contributed by atoms with Crippen LogP contribution in [0.3, 0.4) is 0 Å². The summed E-state index contributed by atoms with van der Waals surface area (Å²) in [5.74, 6) is -0.108. The van der Waals surface area contributed by atoms with Gasteiger partial charge in [-0.05, 0) is 37.6 Å². The Morgan fingerprint density at radius 1 is 1.41 bits per heavy atom. The highest BCUT2D eigenvalue weighted by Gasteiger charge is 2.10. The molecule has 4 nitrogen and oxygen atoms in total. The number of rotatable bonds is 3. The van der Waals surface area contributed by atoms with Gasteiger partial charge in [0.05, 0.1) is 5.56 Å². The van der Waals surface area contributed by atoms with Crippen LogP contribution < -0.4 is 0 Å². The van der Waals surface area contributed by atoms with Crippen LogP contribution in [-0.2, 0) is 6.54 Å². The molecule has 17 heavy (non-hydrogen) atoms. The maximum absolute atomic E-state index is 11.0. The lowest BCUT2D eigenvalue weighted by Gasteiger charge is -2.07. The van der Waals surface area contributed by atoms with E-state index in [0.29, 0.717) is 5.56 Å². The molecule has 0 atom stereocenters. The van der Waals surface area contributed by atoms with Gasteiger partial charge in [0.25, 0.3) is 0 Å². The topological polar surface area (TPSA) is 55.1 Å². The van der Waals surface area contributed by atoms with Crippen LogP contribution in [0.15, 0.2) is 30.6 Å². The summed E-state index contributed by atoms with van der Waals surface area (Å²) in [6.45, 7) is 4.72. The van der Waals surface area contributed by atoms with E-state index in [-0.39, 0.29) is 0 Å². The average molecular weight is 230 g/mol. The minimum atomic E-state index is -0.912. The van der Waals surface area contributed by atoms with E-state index in [1.165, 1.54) is 0 Å². The number of benzene rings is 1. The Bertz CT molecular complexity index is 558. The number of aromatic carboxylic acids is 1. The third-order valence-electron chi connectivity index (χ3n) is 2.64. The molecule has 1 aromatic heterocycles. The molecule has 0 aliphatic carbocycles.